The topological polar surface area (TPSA) is 47.9 Å². The van der Waals surface area contributed by atoms with E-state index >= 15 is 0 Å². The second kappa shape index (κ2) is 7.66. The van der Waals surface area contributed by atoms with E-state index < -0.39 is 11.1 Å². The summed E-state index contributed by atoms with van der Waals surface area (Å²) in [6.45, 7) is 12.3. The second-order valence-electron chi connectivity index (χ2n) is 9.73. The molecule has 1 aliphatic rings. The first-order chi connectivity index (χ1) is 13.5. The average Bonchev–Trinajstić information content (AvgIpc) is 3.06. The van der Waals surface area contributed by atoms with Crippen molar-refractivity contribution in [2.24, 2.45) is 4.99 Å². The van der Waals surface area contributed by atoms with Crippen molar-refractivity contribution < 1.29 is 14.3 Å². The molecule has 1 heterocycles. The molecule has 0 radical (unpaired) electrons. The summed E-state index contributed by atoms with van der Waals surface area (Å²) < 4.78 is 11.6. The third-order valence-corrected chi connectivity index (χ3v) is 4.88. The molecule has 0 spiro atoms. The van der Waals surface area contributed by atoms with Crippen molar-refractivity contribution in [3.63, 3.8) is 0 Å². The predicted molar refractivity (Wildman–Crippen MR) is 116 cm³/mol. The smallest absolute Gasteiger partial charge is 0.338 e. The van der Waals surface area contributed by atoms with Gasteiger partial charge in [0.2, 0.25) is 5.90 Å². The maximum Gasteiger partial charge on any atom is 0.338 e. The highest BCUT2D eigenvalue weighted by Gasteiger charge is 2.47. The van der Waals surface area contributed by atoms with Gasteiger partial charge in [0.1, 0.15) is 12.2 Å². The number of rotatable bonds is 4. The molecule has 0 bridgehead atoms. The van der Waals surface area contributed by atoms with Crippen molar-refractivity contribution in [3.8, 4) is 0 Å². The highest BCUT2D eigenvalue weighted by molar-refractivity contribution is 5.99. The van der Waals surface area contributed by atoms with Gasteiger partial charge in [0.15, 0.2) is 5.54 Å². The Morgan fingerprint density at radius 1 is 1.00 bits per heavy atom. The summed E-state index contributed by atoms with van der Waals surface area (Å²) in [5.74, 6) is 0.138. The summed E-state index contributed by atoms with van der Waals surface area (Å²) in [5, 5.41) is 0. The molecule has 154 valence electrons. The maximum absolute atomic E-state index is 13.2. The molecule has 0 aromatic heterocycles. The lowest BCUT2D eigenvalue weighted by atomic mass is 9.85. The van der Waals surface area contributed by atoms with Gasteiger partial charge in [-0.25, -0.2) is 9.79 Å². The van der Waals surface area contributed by atoms with E-state index in [4.69, 9.17) is 14.5 Å². The van der Waals surface area contributed by atoms with Crippen molar-refractivity contribution in [2.75, 3.05) is 6.61 Å². The van der Waals surface area contributed by atoms with Crippen LogP contribution in [0.3, 0.4) is 0 Å². The Morgan fingerprint density at radius 2 is 1.62 bits per heavy atom. The van der Waals surface area contributed by atoms with E-state index in [1.165, 1.54) is 5.56 Å². The minimum Gasteiger partial charge on any atom is -0.474 e. The number of ether oxygens (including phenoxy) is 2. The molecule has 0 fully saturated rings. The van der Waals surface area contributed by atoms with Crippen molar-refractivity contribution in [1.29, 1.82) is 0 Å². The molecule has 4 heteroatoms. The van der Waals surface area contributed by atoms with Crippen molar-refractivity contribution in [3.05, 3.63) is 71.3 Å². The first kappa shape index (κ1) is 21.1. The van der Waals surface area contributed by atoms with Crippen LogP contribution in [0.25, 0.3) is 0 Å². The lowest BCUT2D eigenvalue weighted by molar-refractivity contribution is -0.162. The van der Waals surface area contributed by atoms with Crippen LogP contribution in [0.15, 0.2) is 59.6 Å². The van der Waals surface area contributed by atoms with Crippen LogP contribution >= 0.6 is 0 Å². The molecule has 0 saturated carbocycles. The summed E-state index contributed by atoms with van der Waals surface area (Å²) in [4.78, 5) is 17.9. The van der Waals surface area contributed by atoms with Crippen LogP contribution in [-0.4, -0.2) is 29.6 Å². The fourth-order valence-electron chi connectivity index (χ4n) is 3.28. The number of carbonyl (C=O) groups is 1. The zero-order valence-corrected chi connectivity index (χ0v) is 18.3. The van der Waals surface area contributed by atoms with Gasteiger partial charge in [-0.05, 0) is 49.4 Å². The van der Waals surface area contributed by atoms with Crippen LogP contribution in [0.1, 0.15) is 58.2 Å². The third-order valence-electron chi connectivity index (χ3n) is 4.88. The van der Waals surface area contributed by atoms with Gasteiger partial charge in [0.25, 0.3) is 0 Å². The van der Waals surface area contributed by atoms with Crippen LogP contribution < -0.4 is 0 Å². The number of benzene rings is 2. The zero-order valence-electron chi connectivity index (χ0n) is 18.3. The Hall–Kier alpha value is -2.62. The molecule has 0 amide bonds. The number of nitrogens with zero attached hydrogens (tertiary/aromatic N) is 1. The largest absolute Gasteiger partial charge is 0.474 e. The van der Waals surface area contributed by atoms with Crippen molar-refractivity contribution >= 4 is 11.9 Å². The lowest BCUT2D eigenvalue weighted by Gasteiger charge is -2.28. The Bertz CT molecular complexity index is 886. The molecule has 29 heavy (non-hydrogen) atoms. The van der Waals surface area contributed by atoms with E-state index in [9.17, 15) is 4.79 Å². The molecule has 1 aliphatic heterocycles. The zero-order chi connectivity index (χ0) is 21.3. The minimum atomic E-state index is -1.08. The predicted octanol–water partition coefficient (Wildman–Crippen LogP) is 5.08. The first-order valence-corrected chi connectivity index (χ1v) is 10.1. The molecule has 4 nitrogen and oxygen atoms in total. The summed E-state index contributed by atoms with van der Waals surface area (Å²) in [6, 6.07) is 18.1. The maximum atomic E-state index is 13.2. The Kier molecular flexibility index (Phi) is 5.57. The highest BCUT2D eigenvalue weighted by Crippen LogP contribution is 2.30. The van der Waals surface area contributed by atoms with Crippen LogP contribution in [0.5, 0.6) is 0 Å². The summed E-state index contributed by atoms with van der Waals surface area (Å²) >= 11 is 0. The van der Waals surface area contributed by atoms with Gasteiger partial charge in [-0.1, -0.05) is 63.2 Å². The van der Waals surface area contributed by atoms with Gasteiger partial charge >= 0.3 is 5.97 Å². The summed E-state index contributed by atoms with van der Waals surface area (Å²) in [6.07, 6.45) is 0.433. The number of hydrogen-bond acceptors (Lipinski definition) is 4. The minimum absolute atomic E-state index is 0.0798. The van der Waals surface area contributed by atoms with Crippen LogP contribution in [-0.2, 0) is 26.1 Å². The van der Waals surface area contributed by atoms with Gasteiger partial charge < -0.3 is 9.47 Å². The third kappa shape index (κ3) is 5.06. The summed E-state index contributed by atoms with van der Waals surface area (Å²) in [7, 11) is 0. The van der Waals surface area contributed by atoms with Crippen molar-refractivity contribution in [2.45, 2.75) is 64.5 Å². The highest BCUT2D eigenvalue weighted by atomic mass is 16.6. The van der Waals surface area contributed by atoms with Crippen LogP contribution in [0, 0.1) is 0 Å². The molecule has 0 saturated heterocycles. The van der Waals surface area contributed by atoms with E-state index in [0.717, 1.165) is 11.1 Å². The van der Waals surface area contributed by atoms with Crippen LogP contribution in [0.4, 0.5) is 0 Å². The summed E-state index contributed by atoms with van der Waals surface area (Å²) in [5.41, 5.74) is 1.55. The number of hydrogen-bond donors (Lipinski definition) is 0. The van der Waals surface area contributed by atoms with E-state index in [-0.39, 0.29) is 18.0 Å². The quantitative estimate of drug-likeness (QED) is 0.680. The van der Waals surface area contributed by atoms with E-state index in [1.54, 1.807) is 0 Å². The Balaban J connectivity index is 1.94. The van der Waals surface area contributed by atoms with Crippen LogP contribution in [0.2, 0.25) is 0 Å². The molecule has 0 aliphatic carbocycles. The van der Waals surface area contributed by atoms with Gasteiger partial charge in [0.05, 0.1) is 0 Å². The lowest BCUT2D eigenvalue weighted by Crippen LogP contribution is -2.45. The number of carbonyl (C=O) groups excluding carboxylic acids is 1. The Labute approximate surface area is 174 Å². The second-order valence-corrected chi connectivity index (χ2v) is 9.73. The SMILES string of the molecule is CC(C)(C)OC(=O)[C@]1(Cc2ccc(C(C)(C)C)cc2)COC(c2ccccc2)=N1. The fourth-order valence-corrected chi connectivity index (χ4v) is 3.28. The van der Waals surface area contributed by atoms with E-state index in [0.29, 0.717) is 12.3 Å². The average molecular weight is 394 g/mol. The Morgan fingerprint density at radius 3 is 2.17 bits per heavy atom. The van der Waals surface area contributed by atoms with E-state index in [2.05, 4.69) is 45.0 Å². The normalized spacial score (nSPS) is 19.4. The molecule has 3 rings (SSSR count). The van der Waals surface area contributed by atoms with Gasteiger partial charge in [-0.3, -0.25) is 0 Å². The number of esters is 1. The number of aliphatic imine (C=N–C) groups is 1. The molecule has 1 atom stereocenters. The molecular formula is C25H31NO3. The molecular weight excluding hydrogens is 362 g/mol. The van der Waals surface area contributed by atoms with Gasteiger partial charge in [-0.15, -0.1) is 0 Å². The van der Waals surface area contributed by atoms with E-state index in [1.807, 2.05) is 51.1 Å². The molecule has 2 aromatic rings. The fraction of sp³-hybridized carbons (Fsp3) is 0.440. The first-order valence-electron chi connectivity index (χ1n) is 10.1. The molecule has 2 aromatic carbocycles. The van der Waals surface area contributed by atoms with Gasteiger partial charge in [0, 0.05) is 12.0 Å². The van der Waals surface area contributed by atoms with Gasteiger partial charge in [-0.2, -0.15) is 0 Å². The van der Waals surface area contributed by atoms with Crippen molar-refractivity contribution in [1.82, 2.24) is 0 Å². The monoisotopic (exact) mass is 393 g/mol. The molecule has 0 unspecified atom stereocenters. The standard InChI is InChI=1S/C25H31NO3/c1-23(2,3)20-14-12-18(13-15-20)16-25(22(27)29-24(4,5)6)17-28-21(26-25)19-10-8-7-9-11-19/h7-15H,16-17H2,1-6H3/t25-/m0/s1. The molecule has 0 N–H and O–H groups in total.